The fourth-order valence-electron chi connectivity index (χ4n) is 6.89. The predicted octanol–water partition coefficient (Wildman–Crippen LogP) is 16.5. The molecule has 62 heavy (non-hydrogen) atoms. The van der Waals surface area contributed by atoms with E-state index in [4.69, 9.17) is 18.5 Å². The lowest BCUT2D eigenvalue weighted by Crippen LogP contribution is -2.29. The molecule has 0 aromatic carbocycles. The van der Waals surface area contributed by atoms with Crippen molar-refractivity contribution in [2.75, 3.05) is 19.8 Å². The molecule has 0 heterocycles. The summed E-state index contributed by atoms with van der Waals surface area (Å²) >= 11 is 0. The number of rotatable bonds is 46. The third-order valence-corrected chi connectivity index (χ3v) is 11.6. The second kappa shape index (κ2) is 48.0. The van der Waals surface area contributed by atoms with E-state index in [2.05, 4.69) is 74.6 Å². The number of allylic oxidation sites excluding steroid dienone is 12. The van der Waals surface area contributed by atoms with Gasteiger partial charge in [0.2, 0.25) is 0 Å². The van der Waals surface area contributed by atoms with Gasteiger partial charge in [0.1, 0.15) is 6.61 Å². The average molecular weight is 889 g/mol. The summed E-state index contributed by atoms with van der Waals surface area (Å²) in [5.74, 6) is -0.891. The summed E-state index contributed by atoms with van der Waals surface area (Å²) in [7, 11) is -4.31. The summed E-state index contributed by atoms with van der Waals surface area (Å²) in [6.07, 6.45) is 61.3. The minimum atomic E-state index is -4.31. The molecule has 8 nitrogen and oxygen atoms in total. The smallest absolute Gasteiger partial charge is 0.462 e. The number of hydrogen-bond acceptors (Lipinski definition) is 7. The van der Waals surface area contributed by atoms with Gasteiger partial charge in [0.15, 0.2) is 6.10 Å². The van der Waals surface area contributed by atoms with Crippen molar-refractivity contribution in [1.82, 2.24) is 0 Å². The predicted molar refractivity (Wildman–Crippen MR) is 262 cm³/mol. The van der Waals surface area contributed by atoms with E-state index >= 15 is 0 Å². The standard InChI is InChI=1S/C53H93O8P/c1-4-7-9-11-13-15-17-19-21-23-25-26-27-28-30-31-33-35-37-39-41-43-45-47-52(54)58-49-51(50-60-62(56,57)59-6-3)61-53(55)48-46-44-42-40-38-36-34-32-29-24-22-20-18-16-14-12-10-8-5-2/h8,10,14,16,20,22,29,32,36,38,42,44,51H,4-7,9,11-13,15,17-19,21,23-28,30-31,33-35,37,39-41,43,45-50H2,1-3H3,(H,56,57)/b10-8-,16-14-,22-20-,32-29-,38-36-,44-42-. The second-order valence-electron chi connectivity index (χ2n) is 16.5. The largest absolute Gasteiger partial charge is 0.472 e. The van der Waals surface area contributed by atoms with Crippen LogP contribution in [0.25, 0.3) is 0 Å². The zero-order valence-electron chi connectivity index (χ0n) is 40.0. The molecule has 358 valence electrons. The van der Waals surface area contributed by atoms with Gasteiger partial charge < -0.3 is 14.4 Å². The van der Waals surface area contributed by atoms with Gasteiger partial charge in [0.05, 0.1) is 13.2 Å². The third-order valence-electron chi connectivity index (χ3n) is 10.5. The Morgan fingerprint density at radius 2 is 0.823 bits per heavy atom. The van der Waals surface area contributed by atoms with Crippen molar-refractivity contribution in [3.8, 4) is 0 Å². The van der Waals surface area contributed by atoms with E-state index in [1.54, 1.807) is 6.92 Å². The molecule has 1 N–H and O–H groups in total. The molecular weight excluding hydrogens is 796 g/mol. The Bertz CT molecular complexity index is 1240. The number of phosphoric acid groups is 1. The van der Waals surface area contributed by atoms with Gasteiger partial charge in [-0.3, -0.25) is 18.6 Å². The normalized spacial score (nSPS) is 13.8. The van der Waals surface area contributed by atoms with Crippen LogP contribution in [-0.4, -0.2) is 42.8 Å². The minimum absolute atomic E-state index is 0.0151. The van der Waals surface area contributed by atoms with Gasteiger partial charge in [-0.25, -0.2) is 4.57 Å². The van der Waals surface area contributed by atoms with E-state index in [1.807, 2.05) is 12.2 Å². The van der Waals surface area contributed by atoms with Crippen LogP contribution in [0.1, 0.15) is 226 Å². The number of esters is 2. The lowest BCUT2D eigenvalue weighted by Gasteiger charge is -2.19. The summed E-state index contributed by atoms with van der Waals surface area (Å²) in [6, 6.07) is 0. The van der Waals surface area contributed by atoms with Crippen LogP contribution >= 0.6 is 7.82 Å². The molecule has 2 atom stereocenters. The molecule has 0 amide bonds. The van der Waals surface area contributed by atoms with Gasteiger partial charge in [-0.2, -0.15) is 0 Å². The molecule has 0 aliphatic heterocycles. The fourth-order valence-corrected chi connectivity index (χ4v) is 7.65. The Morgan fingerprint density at radius 1 is 0.452 bits per heavy atom. The van der Waals surface area contributed by atoms with Gasteiger partial charge in [-0.05, 0) is 58.3 Å². The molecule has 0 radical (unpaired) electrons. The molecule has 0 spiro atoms. The van der Waals surface area contributed by atoms with E-state index in [9.17, 15) is 19.0 Å². The highest BCUT2D eigenvalue weighted by Gasteiger charge is 2.25. The van der Waals surface area contributed by atoms with E-state index < -0.39 is 26.5 Å². The Kier molecular flexibility index (Phi) is 46.0. The van der Waals surface area contributed by atoms with Crippen LogP contribution in [0.5, 0.6) is 0 Å². The molecule has 0 bridgehead atoms. The Balaban J connectivity index is 4.06. The molecule has 0 rings (SSSR count). The maximum atomic E-state index is 12.6. The highest BCUT2D eigenvalue weighted by atomic mass is 31.2. The van der Waals surface area contributed by atoms with Crippen molar-refractivity contribution in [1.29, 1.82) is 0 Å². The highest BCUT2D eigenvalue weighted by Crippen LogP contribution is 2.43. The van der Waals surface area contributed by atoms with Crippen molar-refractivity contribution in [2.24, 2.45) is 0 Å². The van der Waals surface area contributed by atoms with Crippen molar-refractivity contribution < 1.29 is 37.6 Å². The molecule has 0 saturated heterocycles. The van der Waals surface area contributed by atoms with Crippen LogP contribution in [0.2, 0.25) is 0 Å². The summed E-state index contributed by atoms with van der Waals surface area (Å²) in [5.41, 5.74) is 0. The Hall–Kier alpha value is -2.51. The van der Waals surface area contributed by atoms with E-state index in [0.717, 1.165) is 57.8 Å². The maximum Gasteiger partial charge on any atom is 0.472 e. The molecule has 0 aliphatic carbocycles. The van der Waals surface area contributed by atoms with E-state index in [-0.39, 0.29) is 32.0 Å². The lowest BCUT2D eigenvalue weighted by molar-refractivity contribution is -0.161. The van der Waals surface area contributed by atoms with Crippen molar-refractivity contribution in [3.05, 3.63) is 72.9 Å². The molecule has 0 aromatic rings. The lowest BCUT2D eigenvalue weighted by atomic mass is 10.0. The monoisotopic (exact) mass is 889 g/mol. The number of unbranched alkanes of at least 4 members (excludes halogenated alkanes) is 22. The second-order valence-corrected chi connectivity index (χ2v) is 17.9. The van der Waals surface area contributed by atoms with Crippen LogP contribution in [0, 0.1) is 0 Å². The fraction of sp³-hybridized carbons (Fsp3) is 0.736. The van der Waals surface area contributed by atoms with Gasteiger partial charge in [0, 0.05) is 12.8 Å². The zero-order valence-corrected chi connectivity index (χ0v) is 40.9. The minimum Gasteiger partial charge on any atom is -0.462 e. The van der Waals surface area contributed by atoms with Crippen LogP contribution in [0.4, 0.5) is 0 Å². The van der Waals surface area contributed by atoms with Crippen LogP contribution in [-0.2, 0) is 32.7 Å². The summed E-state index contributed by atoms with van der Waals surface area (Å²) in [6.45, 7) is 5.30. The molecule has 2 unspecified atom stereocenters. The summed E-state index contributed by atoms with van der Waals surface area (Å²) in [5, 5.41) is 0. The van der Waals surface area contributed by atoms with Gasteiger partial charge in [-0.15, -0.1) is 0 Å². The number of carbonyl (C=O) groups excluding carboxylic acids is 2. The number of phosphoric ester groups is 1. The highest BCUT2D eigenvalue weighted by molar-refractivity contribution is 7.47. The SMILES string of the molecule is CC/C=C\C/C=C\C/C=C\C/C=C\C/C=C\C/C=C\CCC(=O)OC(COC(=O)CCCCCCCCCCCCCCCCCCCCCCCCC)COP(=O)(O)OCC. The van der Waals surface area contributed by atoms with Gasteiger partial charge >= 0.3 is 19.8 Å². The van der Waals surface area contributed by atoms with Crippen molar-refractivity contribution >= 4 is 19.8 Å². The van der Waals surface area contributed by atoms with Crippen LogP contribution < -0.4 is 0 Å². The van der Waals surface area contributed by atoms with Gasteiger partial charge in [-0.1, -0.05) is 228 Å². The molecule has 0 fully saturated rings. The van der Waals surface area contributed by atoms with Gasteiger partial charge in [0.25, 0.3) is 0 Å². The first-order valence-electron chi connectivity index (χ1n) is 25.2. The number of carbonyl (C=O) groups is 2. The maximum absolute atomic E-state index is 12.6. The third kappa shape index (κ3) is 47.0. The van der Waals surface area contributed by atoms with Crippen LogP contribution in [0.15, 0.2) is 72.9 Å². The zero-order chi connectivity index (χ0) is 45.3. The Labute approximate surface area is 381 Å². The molecule has 0 aromatic heterocycles. The first-order chi connectivity index (χ1) is 30.3. The molecule has 0 aliphatic rings. The molecule has 9 heteroatoms. The topological polar surface area (TPSA) is 108 Å². The van der Waals surface area contributed by atoms with E-state index in [0.29, 0.717) is 6.42 Å². The number of ether oxygens (including phenoxy) is 2. The molecular formula is C53H93O8P. The van der Waals surface area contributed by atoms with Crippen molar-refractivity contribution in [2.45, 2.75) is 232 Å². The average Bonchev–Trinajstić information content (AvgIpc) is 3.25. The summed E-state index contributed by atoms with van der Waals surface area (Å²) < 4.78 is 32.7. The first kappa shape index (κ1) is 59.5. The number of hydrogen-bond donors (Lipinski definition) is 1. The quantitative estimate of drug-likeness (QED) is 0.0279. The Morgan fingerprint density at radius 3 is 1.21 bits per heavy atom. The summed E-state index contributed by atoms with van der Waals surface area (Å²) in [4.78, 5) is 34.9. The first-order valence-corrected chi connectivity index (χ1v) is 26.7. The van der Waals surface area contributed by atoms with Crippen LogP contribution in [0.3, 0.4) is 0 Å². The van der Waals surface area contributed by atoms with Crippen molar-refractivity contribution in [3.63, 3.8) is 0 Å². The molecule has 0 saturated carbocycles. The van der Waals surface area contributed by atoms with E-state index in [1.165, 1.54) is 128 Å².